The Bertz CT molecular complexity index is 566. The van der Waals surface area contributed by atoms with Gasteiger partial charge in [0.15, 0.2) is 0 Å². The zero-order chi connectivity index (χ0) is 16.4. The SMILES string of the molecule is CCOC(=O)C(NC(=O)c1cnnn1CC)C(C1CC1)C1CC1. The maximum absolute atomic E-state index is 12.6. The molecule has 0 aromatic carbocycles. The smallest absolute Gasteiger partial charge is 0.328 e. The van der Waals surface area contributed by atoms with Crippen molar-refractivity contribution in [1.82, 2.24) is 20.3 Å². The second kappa shape index (κ2) is 6.68. The molecule has 0 radical (unpaired) electrons. The summed E-state index contributed by atoms with van der Waals surface area (Å²) in [6, 6.07) is -0.567. The van der Waals surface area contributed by atoms with Gasteiger partial charge in [-0.15, -0.1) is 5.10 Å². The number of aryl methyl sites for hydroxylation is 1. The molecule has 1 amide bonds. The van der Waals surface area contributed by atoms with Crippen molar-refractivity contribution in [2.24, 2.45) is 17.8 Å². The van der Waals surface area contributed by atoms with E-state index in [1.807, 2.05) is 6.92 Å². The second-order valence-electron chi connectivity index (χ2n) is 6.39. The molecule has 1 unspecified atom stereocenters. The van der Waals surface area contributed by atoms with Gasteiger partial charge in [0.2, 0.25) is 0 Å². The number of rotatable bonds is 8. The first-order valence-corrected chi connectivity index (χ1v) is 8.51. The van der Waals surface area contributed by atoms with Crippen molar-refractivity contribution >= 4 is 11.9 Å². The molecule has 2 aliphatic carbocycles. The van der Waals surface area contributed by atoms with Gasteiger partial charge in [-0.25, -0.2) is 9.48 Å². The highest BCUT2D eigenvalue weighted by atomic mass is 16.5. The van der Waals surface area contributed by atoms with E-state index < -0.39 is 6.04 Å². The number of amides is 1. The van der Waals surface area contributed by atoms with Gasteiger partial charge in [-0.05, 0) is 57.3 Å². The third-order valence-electron chi connectivity index (χ3n) is 4.69. The number of esters is 1. The molecule has 2 fully saturated rings. The number of hydrogen-bond donors (Lipinski definition) is 1. The van der Waals surface area contributed by atoms with Crippen LogP contribution in [0.1, 0.15) is 50.0 Å². The second-order valence-corrected chi connectivity index (χ2v) is 6.39. The lowest BCUT2D eigenvalue weighted by molar-refractivity contribution is -0.147. The highest BCUT2D eigenvalue weighted by Gasteiger charge is 2.49. The Labute approximate surface area is 135 Å². The average Bonchev–Trinajstić information content (AvgIpc) is 3.47. The van der Waals surface area contributed by atoms with Gasteiger partial charge in [0.1, 0.15) is 11.7 Å². The van der Waals surface area contributed by atoms with Crippen LogP contribution in [0.4, 0.5) is 0 Å². The number of nitrogens with zero attached hydrogens (tertiary/aromatic N) is 3. The first kappa shape index (κ1) is 16.0. The van der Waals surface area contributed by atoms with Gasteiger partial charge in [-0.2, -0.15) is 0 Å². The molecule has 7 nitrogen and oxygen atoms in total. The normalized spacial score (nSPS) is 18.7. The molecule has 2 aliphatic rings. The lowest BCUT2D eigenvalue weighted by Crippen LogP contribution is -2.48. The van der Waals surface area contributed by atoms with Gasteiger partial charge in [-0.1, -0.05) is 5.21 Å². The molecule has 7 heteroatoms. The molecular formula is C16H24N4O3. The molecule has 0 saturated heterocycles. The Morgan fingerprint density at radius 3 is 2.48 bits per heavy atom. The Morgan fingerprint density at radius 2 is 1.96 bits per heavy atom. The van der Waals surface area contributed by atoms with Crippen LogP contribution in [0, 0.1) is 17.8 Å². The van der Waals surface area contributed by atoms with Crippen LogP contribution >= 0.6 is 0 Å². The summed E-state index contributed by atoms with van der Waals surface area (Å²) in [5.74, 6) is 0.642. The number of carbonyl (C=O) groups excluding carboxylic acids is 2. The van der Waals surface area contributed by atoms with Crippen molar-refractivity contribution in [3.8, 4) is 0 Å². The van der Waals surface area contributed by atoms with Crippen molar-refractivity contribution in [3.05, 3.63) is 11.9 Å². The fourth-order valence-electron chi connectivity index (χ4n) is 3.32. The fourth-order valence-corrected chi connectivity index (χ4v) is 3.32. The van der Waals surface area contributed by atoms with E-state index in [0.717, 1.165) is 25.7 Å². The summed E-state index contributed by atoms with van der Waals surface area (Å²) in [4.78, 5) is 25.0. The van der Waals surface area contributed by atoms with Crippen LogP contribution in [-0.2, 0) is 16.1 Å². The van der Waals surface area contributed by atoms with E-state index >= 15 is 0 Å². The molecule has 0 spiro atoms. The minimum atomic E-state index is -0.567. The summed E-state index contributed by atoms with van der Waals surface area (Å²) in [7, 11) is 0. The summed E-state index contributed by atoms with van der Waals surface area (Å²) in [6.07, 6.45) is 6.00. The zero-order valence-electron chi connectivity index (χ0n) is 13.7. The molecule has 0 bridgehead atoms. The lowest BCUT2D eigenvalue weighted by atomic mass is 9.89. The van der Waals surface area contributed by atoms with Gasteiger partial charge in [0, 0.05) is 6.54 Å². The van der Waals surface area contributed by atoms with Gasteiger partial charge < -0.3 is 10.1 Å². The minimum Gasteiger partial charge on any atom is -0.464 e. The van der Waals surface area contributed by atoms with Crippen LogP contribution in [0.5, 0.6) is 0 Å². The Morgan fingerprint density at radius 1 is 1.30 bits per heavy atom. The molecule has 1 N–H and O–H groups in total. The lowest BCUT2D eigenvalue weighted by Gasteiger charge is -2.26. The van der Waals surface area contributed by atoms with E-state index in [2.05, 4.69) is 15.6 Å². The quantitative estimate of drug-likeness (QED) is 0.732. The highest BCUT2D eigenvalue weighted by Crippen LogP contribution is 2.50. The molecule has 23 heavy (non-hydrogen) atoms. The minimum absolute atomic E-state index is 0.198. The summed E-state index contributed by atoms with van der Waals surface area (Å²) >= 11 is 0. The van der Waals surface area contributed by atoms with Gasteiger partial charge >= 0.3 is 5.97 Å². The molecule has 1 heterocycles. The predicted molar refractivity (Wildman–Crippen MR) is 82.5 cm³/mol. The van der Waals surface area contributed by atoms with E-state index in [1.54, 1.807) is 6.92 Å². The first-order chi connectivity index (χ1) is 11.2. The van der Waals surface area contributed by atoms with E-state index in [0.29, 0.717) is 30.7 Å². The van der Waals surface area contributed by atoms with Crippen LogP contribution in [0.25, 0.3) is 0 Å². The maximum Gasteiger partial charge on any atom is 0.328 e. The maximum atomic E-state index is 12.6. The number of hydrogen-bond acceptors (Lipinski definition) is 5. The van der Waals surface area contributed by atoms with Gasteiger partial charge in [0.05, 0.1) is 12.8 Å². The molecule has 0 aliphatic heterocycles. The number of ether oxygens (including phenoxy) is 1. The fraction of sp³-hybridized carbons (Fsp3) is 0.750. The van der Waals surface area contributed by atoms with Crippen LogP contribution in [-0.4, -0.2) is 39.5 Å². The van der Waals surface area contributed by atoms with Crippen molar-refractivity contribution < 1.29 is 14.3 Å². The van der Waals surface area contributed by atoms with Crippen molar-refractivity contribution in [1.29, 1.82) is 0 Å². The van der Waals surface area contributed by atoms with E-state index in [1.165, 1.54) is 10.9 Å². The third-order valence-corrected chi connectivity index (χ3v) is 4.69. The Kier molecular flexibility index (Phi) is 4.63. The van der Waals surface area contributed by atoms with E-state index in [4.69, 9.17) is 4.74 Å². The Balaban J connectivity index is 1.77. The van der Waals surface area contributed by atoms with Crippen LogP contribution < -0.4 is 5.32 Å². The standard InChI is InChI=1S/C16H24N4O3/c1-3-20-12(9-17-19-20)15(21)18-14(16(22)23-4-2)13(10-5-6-10)11-7-8-11/h9-11,13-14H,3-8H2,1-2H3,(H,18,21). The summed E-state index contributed by atoms with van der Waals surface area (Å²) < 4.78 is 6.75. The zero-order valence-corrected chi connectivity index (χ0v) is 13.7. The van der Waals surface area contributed by atoms with Crippen LogP contribution in [0.2, 0.25) is 0 Å². The number of aromatic nitrogens is 3. The van der Waals surface area contributed by atoms with E-state index in [9.17, 15) is 9.59 Å². The largest absolute Gasteiger partial charge is 0.464 e. The van der Waals surface area contributed by atoms with Crippen LogP contribution in [0.15, 0.2) is 6.20 Å². The third kappa shape index (κ3) is 3.54. The van der Waals surface area contributed by atoms with Crippen molar-refractivity contribution in [2.45, 2.75) is 52.1 Å². The van der Waals surface area contributed by atoms with Crippen molar-refractivity contribution in [2.75, 3.05) is 6.61 Å². The molecule has 2 saturated carbocycles. The Hall–Kier alpha value is -1.92. The summed E-state index contributed by atoms with van der Waals surface area (Å²) in [5.41, 5.74) is 0.382. The average molecular weight is 320 g/mol. The molecule has 1 aromatic heterocycles. The topological polar surface area (TPSA) is 86.1 Å². The number of nitrogens with one attached hydrogen (secondary N) is 1. The summed E-state index contributed by atoms with van der Waals surface area (Å²) in [5, 5.41) is 10.6. The highest BCUT2D eigenvalue weighted by molar-refractivity contribution is 5.95. The molecular weight excluding hydrogens is 296 g/mol. The van der Waals surface area contributed by atoms with E-state index in [-0.39, 0.29) is 17.8 Å². The number of carbonyl (C=O) groups is 2. The first-order valence-electron chi connectivity index (χ1n) is 8.51. The van der Waals surface area contributed by atoms with Gasteiger partial charge in [-0.3, -0.25) is 4.79 Å². The van der Waals surface area contributed by atoms with Crippen LogP contribution in [0.3, 0.4) is 0 Å². The van der Waals surface area contributed by atoms with Crippen molar-refractivity contribution in [3.63, 3.8) is 0 Å². The molecule has 1 aromatic rings. The molecule has 126 valence electrons. The summed E-state index contributed by atoms with van der Waals surface area (Å²) in [6.45, 7) is 4.56. The molecule has 1 atom stereocenters. The molecule has 3 rings (SSSR count). The predicted octanol–water partition coefficient (Wildman–Crippen LogP) is 1.40. The monoisotopic (exact) mass is 320 g/mol. The van der Waals surface area contributed by atoms with Gasteiger partial charge in [0.25, 0.3) is 5.91 Å².